The van der Waals surface area contributed by atoms with Crippen LogP contribution in [0.4, 0.5) is 0 Å². The molecule has 35 heavy (non-hydrogen) atoms. The summed E-state index contributed by atoms with van der Waals surface area (Å²) in [6.07, 6.45) is 14.8. The molecule has 0 N–H and O–H groups in total. The van der Waals surface area contributed by atoms with E-state index in [1.807, 2.05) is 48.5 Å². The molecule has 0 saturated heterocycles. The van der Waals surface area contributed by atoms with E-state index in [9.17, 15) is 9.36 Å². The summed E-state index contributed by atoms with van der Waals surface area (Å²) in [5.41, 5.74) is 0. The number of methoxy groups -OCH3 is 1. The summed E-state index contributed by atoms with van der Waals surface area (Å²) in [7, 11) is -1.77. The second-order valence-corrected chi connectivity index (χ2v) is 11.9. The van der Waals surface area contributed by atoms with Crippen molar-refractivity contribution in [3.63, 3.8) is 0 Å². The first-order valence-electron chi connectivity index (χ1n) is 13.5. The summed E-state index contributed by atoms with van der Waals surface area (Å²) < 4.78 is 25.7. The minimum Gasteiger partial charge on any atom is -0.497 e. The monoisotopic (exact) mass is 500 g/mol. The fraction of sp³-hybridized carbons (Fsp3) is 0.567. The van der Waals surface area contributed by atoms with Crippen molar-refractivity contribution in [2.75, 3.05) is 13.7 Å². The van der Waals surface area contributed by atoms with E-state index >= 15 is 0 Å². The maximum atomic E-state index is 14.2. The molecule has 0 aromatic heterocycles. The van der Waals surface area contributed by atoms with Crippen LogP contribution in [0.15, 0.2) is 54.6 Å². The smallest absolute Gasteiger partial charge is 0.261 e. The van der Waals surface area contributed by atoms with Gasteiger partial charge < -0.3 is 9.26 Å². The Morgan fingerprint density at radius 3 is 1.94 bits per heavy atom. The quantitative estimate of drug-likeness (QED) is 0.146. The van der Waals surface area contributed by atoms with E-state index < -0.39 is 7.37 Å². The van der Waals surface area contributed by atoms with Crippen LogP contribution in [0, 0.1) is 5.92 Å². The zero-order chi connectivity index (χ0) is 25.4. The molecule has 0 aliphatic carbocycles. The molecule has 0 bridgehead atoms. The summed E-state index contributed by atoms with van der Waals surface area (Å²) in [5.74, 6) is 0.491. The van der Waals surface area contributed by atoms with E-state index in [2.05, 4.69) is 6.92 Å². The van der Waals surface area contributed by atoms with Crippen molar-refractivity contribution in [2.24, 2.45) is 5.92 Å². The van der Waals surface area contributed by atoms with Crippen molar-refractivity contribution in [1.82, 2.24) is 0 Å². The van der Waals surface area contributed by atoms with Gasteiger partial charge in [0.05, 0.1) is 13.7 Å². The number of ketones is 1. The number of benzene rings is 2. The van der Waals surface area contributed by atoms with Gasteiger partial charge in [-0.1, -0.05) is 102 Å². The van der Waals surface area contributed by atoms with Crippen LogP contribution in [-0.4, -0.2) is 19.5 Å². The number of hydrogen-bond acceptors (Lipinski definition) is 4. The molecule has 0 aliphatic heterocycles. The fourth-order valence-corrected chi connectivity index (χ4v) is 6.50. The van der Waals surface area contributed by atoms with Gasteiger partial charge in [-0.2, -0.15) is 0 Å². The van der Waals surface area contributed by atoms with Crippen molar-refractivity contribution < 1.29 is 18.6 Å². The highest BCUT2D eigenvalue weighted by Crippen LogP contribution is 2.45. The van der Waals surface area contributed by atoms with Gasteiger partial charge in [0, 0.05) is 16.5 Å². The van der Waals surface area contributed by atoms with E-state index in [4.69, 9.17) is 9.26 Å². The predicted molar refractivity (Wildman–Crippen MR) is 148 cm³/mol. The SMILES string of the molecule is CCCCCCCCCCCCCC(COP(=O)(c1ccccc1)c1cccc(OC)c1)C(C)=O. The van der Waals surface area contributed by atoms with Crippen LogP contribution < -0.4 is 15.3 Å². The maximum Gasteiger partial charge on any atom is 0.261 e. The lowest BCUT2D eigenvalue weighted by Gasteiger charge is -2.22. The predicted octanol–water partition coefficient (Wildman–Crippen LogP) is 7.85. The van der Waals surface area contributed by atoms with Crippen LogP contribution in [-0.2, 0) is 13.9 Å². The van der Waals surface area contributed by atoms with E-state index in [0.717, 1.165) is 19.3 Å². The summed E-state index contributed by atoms with van der Waals surface area (Å²) in [6.45, 7) is 4.04. The third-order valence-electron chi connectivity index (χ3n) is 6.68. The highest BCUT2D eigenvalue weighted by atomic mass is 31.2. The van der Waals surface area contributed by atoms with Gasteiger partial charge in [-0.25, -0.2) is 0 Å². The third kappa shape index (κ3) is 10.3. The molecule has 194 valence electrons. The van der Waals surface area contributed by atoms with E-state index in [0.29, 0.717) is 16.4 Å². The van der Waals surface area contributed by atoms with Crippen molar-refractivity contribution in [3.05, 3.63) is 54.6 Å². The van der Waals surface area contributed by atoms with Crippen LogP contribution in [0.3, 0.4) is 0 Å². The van der Waals surface area contributed by atoms with Gasteiger partial charge >= 0.3 is 0 Å². The Balaban J connectivity index is 1.87. The number of rotatable bonds is 19. The molecule has 0 aliphatic rings. The lowest BCUT2D eigenvalue weighted by Crippen LogP contribution is -2.23. The number of unbranched alkanes of at least 4 members (excludes halogenated alkanes) is 10. The number of carbonyl (C=O) groups is 1. The Kier molecular flexibility index (Phi) is 14.0. The Labute approximate surface area is 213 Å². The Hall–Kier alpha value is -1.90. The van der Waals surface area contributed by atoms with Crippen LogP contribution in [0.1, 0.15) is 90.9 Å². The average Bonchev–Trinajstić information content (AvgIpc) is 2.89. The lowest BCUT2D eigenvalue weighted by atomic mass is 9.97. The summed E-state index contributed by atoms with van der Waals surface area (Å²) >= 11 is 0. The zero-order valence-electron chi connectivity index (χ0n) is 22.0. The molecule has 2 aromatic rings. The normalized spacial score (nSPS) is 13.8. The van der Waals surface area contributed by atoms with E-state index in [1.165, 1.54) is 57.8 Å². The molecule has 4 nitrogen and oxygen atoms in total. The number of Topliss-reactive ketones (excluding diaryl/α,β-unsaturated/α-hetero) is 1. The first kappa shape index (κ1) is 29.3. The van der Waals surface area contributed by atoms with Crippen LogP contribution >= 0.6 is 7.37 Å². The second kappa shape index (κ2) is 16.7. The van der Waals surface area contributed by atoms with Gasteiger partial charge in [-0.05, 0) is 43.7 Å². The molecule has 0 fully saturated rings. The molecule has 2 aromatic carbocycles. The highest BCUT2D eigenvalue weighted by Gasteiger charge is 2.31. The Morgan fingerprint density at radius 2 is 1.37 bits per heavy atom. The first-order valence-corrected chi connectivity index (χ1v) is 15.1. The molecule has 0 spiro atoms. The molecule has 2 rings (SSSR count). The molecule has 2 unspecified atom stereocenters. The summed E-state index contributed by atoms with van der Waals surface area (Å²) in [6, 6.07) is 16.5. The third-order valence-corrected chi connectivity index (χ3v) is 9.13. The number of carbonyl (C=O) groups excluding carboxylic acids is 1. The Bertz CT molecular complexity index is 896. The molecular formula is C30H45O4P. The molecule has 0 heterocycles. The van der Waals surface area contributed by atoms with E-state index in [-0.39, 0.29) is 18.3 Å². The first-order chi connectivity index (χ1) is 17.0. The van der Waals surface area contributed by atoms with Crippen molar-refractivity contribution in [2.45, 2.75) is 90.9 Å². The van der Waals surface area contributed by atoms with Gasteiger partial charge in [-0.15, -0.1) is 0 Å². The zero-order valence-corrected chi connectivity index (χ0v) is 22.9. The van der Waals surface area contributed by atoms with Gasteiger partial charge in [0.2, 0.25) is 0 Å². The van der Waals surface area contributed by atoms with Gasteiger partial charge in [0.1, 0.15) is 11.5 Å². The van der Waals surface area contributed by atoms with Crippen LogP contribution in [0.5, 0.6) is 5.75 Å². The number of hydrogen-bond donors (Lipinski definition) is 0. The molecule has 5 heteroatoms. The second-order valence-electron chi connectivity index (χ2n) is 9.52. The minimum atomic E-state index is -3.36. The number of ether oxygens (including phenoxy) is 1. The maximum absolute atomic E-state index is 14.2. The molecule has 0 saturated carbocycles. The van der Waals surface area contributed by atoms with Crippen LogP contribution in [0.25, 0.3) is 0 Å². The van der Waals surface area contributed by atoms with Gasteiger partial charge in [0.15, 0.2) is 0 Å². The lowest BCUT2D eigenvalue weighted by molar-refractivity contribution is -0.121. The average molecular weight is 501 g/mol. The Morgan fingerprint density at radius 1 is 0.800 bits per heavy atom. The highest BCUT2D eigenvalue weighted by molar-refractivity contribution is 7.74. The largest absolute Gasteiger partial charge is 0.497 e. The molecule has 2 atom stereocenters. The summed E-state index contributed by atoms with van der Waals surface area (Å²) in [4.78, 5) is 12.4. The standard InChI is InChI=1S/C30H45O4P/c1-4-5-6-7-8-9-10-11-12-13-15-19-27(26(2)31)25-34-35(32,29-21-16-14-17-22-29)30-23-18-20-28(24-30)33-3/h14,16-18,20-24,27H,4-13,15,19,25H2,1-3H3. The molecular weight excluding hydrogens is 455 g/mol. The molecule has 0 amide bonds. The van der Waals surface area contributed by atoms with Gasteiger partial charge in [0.25, 0.3) is 7.37 Å². The van der Waals surface area contributed by atoms with Crippen molar-refractivity contribution >= 4 is 23.8 Å². The topological polar surface area (TPSA) is 52.6 Å². The minimum absolute atomic E-state index is 0.0994. The van der Waals surface area contributed by atoms with Gasteiger partial charge in [-0.3, -0.25) is 9.36 Å². The van der Waals surface area contributed by atoms with Crippen molar-refractivity contribution in [1.29, 1.82) is 0 Å². The van der Waals surface area contributed by atoms with Crippen LogP contribution in [0.2, 0.25) is 0 Å². The van der Waals surface area contributed by atoms with Crippen molar-refractivity contribution in [3.8, 4) is 5.75 Å². The molecule has 0 radical (unpaired) electrons. The van der Waals surface area contributed by atoms with E-state index in [1.54, 1.807) is 20.1 Å². The fourth-order valence-electron chi connectivity index (χ4n) is 4.37. The summed E-state index contributed by atoms with van der Waals surface area (Å²) in [5, 5.41) is 1.21.